The Kier molecular flexibility index (Phi) is 3.33. The number of nitrogens with one attached hydrogen (secondary N) is 1. The molecule has 0 radical (unpaired) electrons. The summed E-state index contributed by atoms with van der Waals surface area (Å²) in [7, 11) is 0. The Morgan fingerprint density at radius 1 is 1.33 bits per heavy atom. The van der Waals surface area contributed by atoms with Crippen LogP contribution in [0.15, 0.2) is 38.5 Å². The first-order valence-corrected chi connectivity index (χ1v) is 5.79. The van der Waals surface area contributed by atoms with E-state index in [4.69, 9.17) is 5.73 Å². The molecule has 0 aliphatic heterocycles. The molecule has 0 fully saturated rings. The van der Waals surface area contributed by atoms with Gasteiger partial charge in [0, 0.05) is 10.7 Å². The van der Waals surface area contributed by atoms with E-state index in [9.17, 15) is 14.0 Å². The molecule has 0 bridgehead atoms. The van der Waals surface area contributed by atoms with Crippen LogP contribution in [0, 0.1) is 5.82 Å². The highest BCUT2D eigenvalue weighted by atomic mass is 79.9. The van der Waals surface area contributed by atoms with Crippen molar-refractivity contribution in [1.82, 2.24) is 9.55 Å². The molecule has 2 aromatic rings. The van der Waals surface area contributed by atoms with Gasteiger partial charge in [-0.05, 0) is 23.8 Å². The number of aromatic amines is 1. The number of benzene rings is 1. The lowest BCUT2D eigenvalue weighted by atomic mass is 10.2. The first-order chi connectivity index (χ1) is 8.45. The number of nitrogens with zero attached hydrogens (tertiary/aromatic N) is 1. The molecule has 0 aliphatic carbocycles. The van der Waals surface area contributed by atoms with Gasteiger partial charge in [0.15, 0.2) is 0 Å². The number of nitrogen functional groups attached to an aromatic ring is 1. The molecule has 0 unspecified atom stereocenters. The molecule has 5 nitrogen and oxygen atoms in total. The molecule has 94 valence electrons. The van der Waals surface area contributed by atoms with Crippen molar-refractivity contribution in [3.63, 3.8) is 0 Å². The molecule has 0 aliphatic rings. The van der Waals surface area contributed by atoms with Gasteiger partial charge in [-0.2, -0.15) is 0 Å². The second-order valence-corrected chi connectivity index (χ2v) is 4.66. The minimum absolute atomic E-state index is 0.0648. The first kappa shape index (κ1) is 12.6. The maximum atomic E-state index is 13.2. The Hall–Kier alpha value is -1.89. The number of rotatable bonds is 2. The Balaban J connectivity index is 2.43. The van der Waals surface area contributed by atoms with Gasteiger partial charge in [-0.3, -0.25) is 14.3 Å². The summed E-state index contributed by atoms with van der Waals surface area (Å²) in [5, 5.41) is 0. The van der Waals surface area contributed by atoms with Crippen molar-refractivity contribution in [2.75, 3.05) is 5.73 Å². The number of hydrogen-bond donors (Lipinski definition) is 2. The minimum Gasteiger partial charge on any atom is -0.393 e. The zero-order valence-electron chi connectivity index (χ0n) is 9.11. The van der Waals surface area contributed by atoms with E-state index in [1.807, 2.05) is 0 Å². The monoisotopic (exact) mass is 313 g/mol. The fraction of sp³-hybridized carbons (Fsp3) is 0.0909. The smallest absolute Gasteiger partial charge is 0.328 e. The SMILES string of the molecule is Nc1cn(Cc2cc(F)cc(Br)c2)c(=O)[nH]c1=O. The molecule has 0 saturated carbocycles. The van der Waals surface area contributed by atoms with E-state index >= 15 is 0 Å². The summed E-state index contributed by atoms with van der Waals surface area (Å²) in [6, 6.07) is 4.29. The van der Waals surface area contributed by atoms with Crippen molar-refractivity contribution in [3.05, 3.63) is 61.1 Å². The molecule has 7 heteroatoms. The summed E-state index contributed by atoms with van der Waals surface area (Å²) in [5.41, 5.74) is 4.71. The molecule has 1 aromatic heterocycles. The molecule has 0 saturated heterocycles. The maximum absolute atomic E-state index is 13.2. The third-order valence-corrected chi connectivity index (χ3v) is 2.77. The van der Waals surface area contributed by atoms with Crippen LogP contribution in [0.1, 0.15) is 5.56 Å². The van der Waals surface area contributed by atoms with Crippen LogP contribution in [-0.4, -0.2) is 9.55 Å². The van der Waals surface area contributed by atoms with E-state index in [2.05, 4.69) is 20.9 Å². The van der Waals surface area contributed by atoms with Crippen LogP contribution in [0.5, 0.6) is 0 Å². The molecule has 0 atom stereocenters. The van der Waals surface area contributed by atoms with E-state index in [1.54, 1.807) is 6.07 Å². The topological polar surface area (TPSA) is 80.9 Å². The van der Waals surface area contributed by atoms with Gasteiger partial charge < -0.3 is 5.73 Å². The Bertz CT molecular complexity index is 688. The molecule has 18 heavy (non-hydrogen) atoms. The highest BCUT2D eigenvalue weighted by Crippen LogP contribution is 2.15. The molecule has 2 rings (SSSR count). The van der Waals surface area contributed by atoms with Gasteiger partial charge in [-0.15, -0.1) is 0 Å². The summed E-state index contributed by atoms with van der Waals surface area (Å²) >= 11 is 3.16. The van der Waals surface area contributed by atoms with Crippen molar-refractivity contribution in [3.8, 4) is 0 Å². The number of nitrogens with two attached hydrogens (primary N) is 1. The van der Waals surface area contributed by atoms with Crippen molar-refractivity contribution in [2.24, 2.45) is 0 Å². The quantitative estimate of drug-likeness (QED) is 0.870. The Morgan fingerprint density at radius 3 is 2.72 bits per heavy atom. The largest absolute Gasteiger partial charge is 0.393 e. The fourth-order valence-corrected chi connectivity index (χ4v) is 2.06. The van der Waals surface area contributed by atoms with Gasteiger partial charge in [-0.1, -0.05) is 15.9 Å². The van der Waals surface area contributed by atoms with Crippen LogP contribution < -0.4 is 17.0 Å². The lowest BCUT2D eigenvalue weighted by Gasteiger charge is -2.06. The van der Waals surface area contributed by atoms with Crippen LogP contribution in [0.25, 0.3) is 0 Å². The molecule has 1 aromatic carbocycles. The molecular weight excluding hydrogens is 305 g/mol. The lowest BCUT2D eigenvalue weighted by molar-refractivity contribution is 0.621. The maximum Gasteiger partial charge on any atom is 0.328 e. The molecule has 1 heterocycles. The number of H-pyrrole nitrogens is 1. The van der Waals surface area contributed by atoms with Crippen LogP contribution in [-0.2, 0) is 6.54 Å². The summed E-state index contributed by atoms with van der Waals surface area (Å²) in [5.74, 6) is -0.412. The van der Waals surface area contributed by atoms with Crippen molar-refractivity contribution in [1.29, 1.82) is 0 Å². The summed E-state index contributed by atoms with van der Waals surface area (Å²) in [4.78, 5) is 24.7. The molecule has 0 spiro atoms. The van der Waals surface area contributed by atoms with Gasteiger partial charge in [0.2, 0.25) is 0 Å². The standard InChI is InChI=1S/C11H9BrFN3O2/c12-7-1-6(2-8(13)3-7)4-16-5-9(14)10(17)15-11(16)18/h1-3,5H,4,14H2,(H,15,17,18). The second kappa shape index (κ2) is 4.77. The lowest BCUT2D eigenvalue weighted by Crippen LogP contribution is -2.31. The average molecular weight is 314 g/mol. The fourth-order valence-electron chi connectivity index (χ4n) is 1.54. The van der Waals surface area contributed by atoms with Crippen LogP contribution in [0.2, 0.25) is 0 Å². The minimum atomic E-state index is -0.628. The van der Waals surface area contributed by atoms with E-state index in [0.717, 1.165) is 0 Å². The van der Waals surface area contributed by atoms with E-state index in [1.165, 1.54) is 22.9 Å². The van der Waals surface area contributed by atoms with Gasteiger partial charge in [0.1, 0.15) is 11.5 Å². The zero-order chi connectivity index (χ0) is 13.3. The van der Waals surface area contributed by atoms with Crippen molar-refractivity contribution < 1.29 is 4.39 Å². The van der Waals surface area contributed by atoms with Gasteiger partial charge in [-0.25, -0.2) is 9.18 Å². The number of aromatic nitrogens is 2. The number of anilines is 1. The summed E-state index contributed by atoms with van der Waals surface area (Å²) < 4.78 is 15.0. The predicted molar refractivity (Wildman–Crippen MR) is 68.9 cm³/mol. The van der Waals surface area contributed by atoms with Gasteiger partial charge in [0.25, 0.3) is 5.56 Å². The first-order valence-electron chi connectivity index (χ1n) is 5.00. The van der Waals surface area contributed by atoms with Crippen molar-refractivity contribution in [2.45, 2.75) is 6.54 Å². The van der Waals surface area contributed by atoms with E-state index < -0.39 is 17.1 Å². The van der Waals surface area contributed by atoms with Crippen LogP contribution in [0.3, 0.4) is 0 Å². The number of hydrogen-bond acceptors (Lipinski definition) is 3. The highest BCUT2D eigenvalue weighted by molar-refractivity contribution is 9.10. The normalized spacial score (nSPS) is 10.6. The van der Waals surface area contributed by atoms with Crippen LogP contribution in [0.4, 0.5) is 10.1 Å². The molecule has 0 amide bonds. The van der Waals surface area contributed by atoms with Gasteiger partial charge >= 0.3 is 5.69 Å². The summed E-state index contributed by atoms with van der Waals surface area (Å²) in [6.45, 7) is 0.121. The summed E-state index contributed by atoms with van der Waals surface area (Å²) in [6.07, 6.45) is 1.24. The van der Waals surface area contributed by atoms with Crippen LogP contribution >= 0.6 is 15.9 Å². The average Bonchev–Trinajstić information content (AvgIpc) is 2.24. The molecule has 3 N–H and O–H groups in total. The van der Waals surface area contributed by atoms with Crippen molar-refractivity contribution >= 4 is 21.6 Å². The predicted octanol–water partition coefficient (Wildman–Crippen LogP) is 1.07. The molecular formula is C11H9BrFN3O2. The Labute approximate surface area is 109 Å². The third-order valence-electron chi connectivity index (χ3n) is 2.31. The van der Waals surface area contributed by atoms with Gasteiger partial charge in [0.05, 0.1) is 6.54 Å². The highest BCUT2D eigenvalue weighted by Gasteiger charge is 2.04. The van der Waals surface area contributed by atoms with E-state index in [0.29, 0.717) is 10.0 Å². The second-order valence-electron chi connectivity index (χ2n) is 3.75. The van der Waals surface area contributed by atoms with E-state index in [-0.39, 0.29) is 12.2 Å². The zero-order valence-corrected chi connectivity index (χ0v) is 10.7. The number of halogens is 2. The Morgan fingerprint density at radius 2 is 2.06 bits per heavy atom. The third kappa shape index (κ3) is 2.67.